The zero-order chi connectivity index (χ0) is 18.2. The summed E-state index contributed by atoms with van der Waals surface area (Å²) in [6, 6.07) is 5.45. The van der Waals surface area contributed by atoms with Gasteiger partial charge in [0.1, 0.15) is 11.3 Å². The predicted octanol–water partition coefficient (Wildman–Crippen LogP) is 2.13. The molecule has 1 aromatic carbocycles. The summed E-state index contributed by atoms with van der Waals surface area (Å²) in [6.45, 7) is 0.667. The van der Waals surface area contributed by atoms with Crippen molar-refractivity contribution in [3.05, 3.63) is 29.0 Å². The average molecular weight is 386 g/mol. The predicted molar refractivity (Wildman–Crippen MR) is 95.1 cm³/mol. The minimum absolute atomic E-state index is 0.0310. The van der Waals surface area contributed by atoms with E-state index in [2.05, 4.69) is 9.97 Å². The van der Waals surface area contributed by atoms with Crippen molar-refractivity contribution in [2.75, 3.05) is 19.3 Å². The third-order valence-corrected chi connectivity index (χ3v) is 6.30. The van der Waals surface area contributed by atoms with Gasteiger partial charge in [-0.25, -0.2) is 17.7 Å². The minimum atomic E-state index is -3.30. The fourth-order valence-electron chi connectivity index (χ4n) is 3.47. The van der Waals surface area contributed by atoms with E-state index in [1.165, 1.54) is 10.6 Å². The normalized spacial score (nSPS) is 22.3. The van der Waals surface area contributed by atoms with Gasteiger partial charge < -0.3 is 10.1 Å². The Morgan fingerprint density at radius 2 is 2.20 bits per heavy atom. The molecule has 136 valence electrons. The molecule has 1 aliphatic rings. The van der Waals surface area contributed by atoms with Gasteiger partial charge in [0.25, 0.3) is 0 Å². The molecule has 0 unspecified atom stereocenters. The summed E-state index contributed by atoms with van der Waals surface area (Å²) in [4.78, 5) is 18.9. The lowest BCUT2D eigenvalue weighted by Gasteiger charge is -2.36. The van der Waals surface area contributed by atoms with Crippen LogP contribution in [0, 0.1) is 11.8 Å². The molecular weight excluding hydrogens is 366 g/mol. The molecule has 0 saturated carbocycles. The van der Waals surface area contributed by atoms with Crippen molar-refractivity contribution >= 4 is 38.6 Å². The van der Waals surface area contributed by atoms with Gasteiger partial charge in [0.2, 0.25) is 10.0 Å². The molecule has 3 rings (SSSR count). The Balaban J connectivity index is 1.85. The van der Waals surface area contributed by atoms with E-state index in [0.717, 1.165) is 5.52 Å². The zero-order valence-electron chi connectivity index (χ0n) is 13.8. The second-order valence-corrected chi connectivity index (χ2v) is 8.94. The molecule has 1 fully saturated rings. The van der Waals surface area contributed by atoms with Gasteiger partial charge in [-0.3, -0.25) is 4.79 Å². The van der Waals surface area contributed by atoms with Crippen LogP contribution >= 0.6 is 11.6 Å². The molecule has 0 spiro atoms. The quantitative estimate of drug-likeness (QED) is 0.820. The van der Waals surface area contributed by atoms with E-state index < -0.39 is 16.0 Å². The number of rotatable bonds is 5. The topological polar surface area (TPSA) is 103 Å². The number of nitrogens with zero attached hydrogens (tertiary/aromatic N) is 2. The number of carbonyl (C=O) groups is 1. The number of carboxylic acid groups (broad SMARTS) is 1. The molecule has 1 saturated heterocycles. The van der Waals surface area contributed by atoms with Gasteiger partial charge in [0.15, 0.2) is 0 Å². The number of hydrogen-bond acceptors (Lipinski definition) is 4. The van der Waals surface area contributed by atoms with Crippen molar-refractivity contribution in [1.29, 1.82) is 0 Å². The smallest absolute Gasteiger partial charge is 0.303 e. The SMILES string of the molecule is CS(=O)(=O)N1CC[C@@H](CC(=O)O)[C@@H](Cc2nc3c(Cl)cccc3[nH]2)C1. The number of para-hydroxylation sites is 1. The van der Waals surface area contributed by atoms with Crippen molar-refractivity contribution in [3.63, 3.8) is 0 Å². The fourth-order valence-corrected chi connectivity index (χ4v) is 4.58. The number of hydrogen-bond donors (Lipinski definition) is 2. The number of benzene rings is 1. The van der Waals surface area contributed by atoms with Gasteiger partial charge in [0, 0.05) is 25.9 Å². The summed E-state index contributed by atoms with van der Waals surface area (Å²) < 4.78 is 25.2. The first-order valence-corrected chi connectivity index (χ1v) is 10.3. The van der Waals surface area contributed by atoms with Crippen LogP contribution in [0.4, 0.5) is 0 Å². The van der Waals surface area contributed by atoms with Crippen LogP contribution in [-0.4, -0.2) is 53.1 Å². The first-order chi connectivity index (χ1) is 11.7. The summed E-state index contributed by atoms with van der Waals surface area (Å²) >= 11 is 6.15. The number of halogens is 1. The van der Waals surface area contributed by atoms with Gasteiger partial charge in [0.05, 0.1) is 16.8 Å². The molecule has 0 radical (unpaired) electrons. The number of imidazole rings is 1. The zero-order valence-corrected chi connectivity index (χ0v) is 15.3. The van der Waals surface area contributed by atoms with Crippen LogP contribution in [0.3, 0.4) is 0 Å². The van der Waals surface area contributed by atoms with Crippen LogP contribution < -0.4 is 0 Å². The molecule has 0 aliphatic carbocycles. The lowest BCUT2D eigenvalue weighted by Crippen LogP contribution is -2.44. The fraction of sp³-hybridized carbons (Fsp3) is 0.500. The largest absolute Gasteiger partial charge is 0.481 e. The molecule has 7 nitrogen and oxygen atoms in total. The Bertz CT molecular complexity index is 896. The van der Waals surface area contributed by atoms with Crippen molar-refractivity contribution in [1.82, 2.24) is 14.3 Å². The van der Waals surface area contributed by atoms with Crippen molar-refractivity contribution in [3.8, 4) is 0 Å². The molecular formula is C16H20ClN3O4S. The number of H-pyrrole nitrogens is 1. The summed E-state index contributed by atoms with van der Waals surface area (Å²) in [5, 5.41) is 9.70. The minimum Gasteiger partial charge on any atom is -0.481 e. The van der Waals surface area contributed by atoms with E-state index in [-0.39, 0.29) is 18.3 Å². The highest BCUT2D eigenvalue weighted by Gasteiger charge is 2.34. The number of carboxylic acids is 1. The van der Waals surface area contributed by atoms with Crippen LogP contribution in [-0.2, 0) is 21.2 Å². The lowest BCUT2D eigenvalue weighted by atomic mass is 9.82. The molecule has 25 heavy (non-hydrogen) atoms. The van der Waals surface area contributed by atoms with Crippen LogP contribution in [0.15, 0.2) is 18.2 Å². The monoisotopic (exact) mass is 385 g/mol. The molecule has 2 atom stereocenters. The molecule has 9 heteroatoms. The summed E-state index contributed by atoms with van der Waals surface area (Å²) in [7, 11) is -3.30. The number of piperidine rings is 1. The molecule has 2 N–H and O–H groups in total. The van der Waals surface area contributed by atoms with E-state index in [0.29, 0.717) is 42.3 Å². The maximum atomic E-state index is 11.9. The van der Waals surface area contributed by atoms with Gasteiger partial charge in [-0.15, -0.1) is 0 Å². The number of aliphatic carboxylic acids is 1. The van der Waals surface area contributed by atoms with E-state index in [9.17, 15) is 13.2 Å². The second-order valence-electron chi connectivity index (χ2n) is 6.55. The van der Waals surface area contributed by atoms with Gasteiger partial charge in [-0.05, 0) is 30.4 Å². The third-order valence-electron chi connectivity index (χ3n) is 4.73. The Labute approximate surface area is 151 Å². The number of sulfonamides is 1. The van der Waals surface area contributed by atoms with Gasteiger partial charge >= 0.3 is 5.97 Å². The first-order valence-electron chi connectivity index (χ1n) is 8.04. The van der Waals surface area contributed by atoms with E-state index in [1.54, 1.807) is 6.07 Å². The average Bonchev–Trinajstić information content (AvgIpc) is 2.91. The molecule has 1 aliphatic heterocycles. The second kappa shape index (κ2) is 6.93. The van der Waals surface area contributed by atoms with E-state index in [1.807, 2.05) is 12.1 Å². The Kier molecular flexibility index (Phi) is 5.04. The Morgan fingerprint density at radius 3 is 2.84 bits per heavy atom. The van der Waals surface area contributed by atoms with Gasteiger partial charge in [-0.2, -0.15) is 0 Å². The highest BCUT2D eigenvalue weighted by atomic mass is 35.5. The van der Waals surface area contributed by atoms with Crippen molar-refractivity contribution in [2.24, 2.45) is 11.8 Å². The molecule has 1 aromatic heterocycles. The Morgan fingerprint density at radius 1 is 1.44 bits per heavy atom. The molecule has 0 bridgehead atoms. The number of fused-ring (bicyclic) bond motifs is 1. The molecule has 2 aromatic rings. The van der Waals surface area contributed by atoms with Crippen LogP contribution in [0.2, 0.25) is 5.02 Å². The van der Waals surface area contributed by atoms with Crippen LogP contribution in [0.1, 0.15) is 18.7 Å². The van der Waals surface area contributed by atoms with Gasteiger partial charge in [-0.1, -0.05) is 17.7 Å². The van der Waals surface area contributed by atoms with E-state index in [4.69, 9.17) is 16.7 Å². The number of aromatic nitrogens is 2. The van der Waals surface area contributed by atoms with Crippen LogP contribution in [0.5, 0.6) is 0 Å². The van der Waals surface area contributed by atoms with Crippen LogP contribution in [0.25, 0.3) is 11.0 Å². The lowest BCUT2D eigenvalue weighted by molar-refractivity contribution is -0.138. The number of nitrogens with one attached hydrogen (secondary N) is 1. The standard InChI is InChI=1S/C16H20ClN3O4S/c1-25(23,24)20-6-5-10(8-15(21)22)11(9-20)7-14-18-13-4-2-3-12(17)16(13)19-14/h2-4,10-11H,5-9H2,1H3,(H,18,19)(H,21,22)/t10-,11-/m0/s1. The van der Waals surface area contributed by atoms with Crippen molar-refractivity contribution < 1.29 is 18.3 Å². The highest BCUT2D eigenvalue weighted by Crippen LogP contribution is 2.31. The van der Waals surface area contributed by atoms with E-state index >= 15 is 0 Å². The Hall–Kier alpha value is -1.64. The number of aromatic amines is 1. The third kappa shape index (κ3) is 4.13. The van der Waals surface area contributed by atoms with Crippen molar-refractivity contribution in [2.45, 2.75) is 19.3 Å². The maximum absolute atomic E-state index is 11.9. The summed E-state index contributed by atoms with van der Waals surface area (Å²) in [5.41, 5.74) is 1.48. The first kappa shape index (κ1) is 18.2. The summed E-state index contributed by atoms with van der Waals surface area (Å²) in [6.07, 6.45) is 2.23. The highest BCUT2D eigenvalue weighted by molar-refractivity contribution is 7.88. The summed E-state index contributed by atoms with van der Waals surface area (Å²) in [5.74, 6) is -0.368. The molecule has 0 amide bonds. The maximum Gasteiger partial charge on any atom is 0.303 e. The molecule has 2 heterocycles.